The summed E-state index contributed by atoms with van der Waals surface area (Å²) in [5, 5.41) is 3.35. The minimum Gasteiger partial charge on any atom is -0.384 e. The van der Waals surface area contributed by atoms with Gasteiger partial charge in [-0.2, -0.15) is 0 Å². The molecule has 0 saturated carbocycles. The van der Waals surface area contributed by atoms with Gasteiger partial charge >= 0.3 is 0 Å². The Morgan fingerprint density at radius 1 is 1.16 bits per heavy atom. The molecule has 0 aliphatic carbocycles. The van der Waals surface area contributed by atoms with E-state index in [0.29, 0.717) is 6.04 Å². The van der Waals surface area contributed by atoms with Gasteiger partial charge in [0.25, 0.3) is 0 Å². The molecule has 108 valence electrons. The van der Waals surface area contributed by atoms with Crippen LogP contribution in [-0.4, -0.2) is 30.6 Å². The van der Waals surface area contributed by atoms with Crippen LogP contribution in [0.3, 0.4) is 0 Å². The standard InChI is InChI=1S/C16H27FN2/c1-4-6-12-19(14(3)5-2)13-11-18-16-9-7-15(17)8-10-16/h7-10,14,18H,4-6,11-13H2,1-3H3. The minimum atomic E-state index is -0.185. The Kier molecular flexibility index (Phi) is 7.49. The van der Waals surface area contributed by atoms with Gasteiger partial charge in [0.1, 0.15) is 5.82 Å². The van der Waals surface area contributed by atoms with E-state index in [1.165, 1.54) is 31.4 Å². The first-order chi connectivity index (χ1) is 9.17. The van der Waals surface area contributed by atoms with Gasteiger partial charge in [-0.25, -0.2) is 4.39 Å². The first-order valence-corrected chi connectivity index (χ1v) is 7.40. The van der Waals surface area contributed by atoms with E-state index in [4.69, 9.17) is 0 Å². The maximum absolute atomic E-state index is 12.8. The first kappa shape index (κ1) is 16.0. The maximum atomic E-state index is 12.8. The molecule has 0 aliphatic heterocycles. The van der Waals surface area contributed by atoms with Gasteiger partial charge in [0.15, 0.2) is 0 Å². The molecule has 1 aromatic carbocycles. The quantitative estimate of drug-likeness (QED) is 0.722. The summed E-state index contributed by atoms with van der Waals surface area (Å²) in [7, 11) is 0. The second-order valence-corrected chi connectivity index (χ2v) is 5.08. The Morgan fingerprint density at radius 2 is 1.84 bits per heavy atom. The molecule has 0 aromatic heterocycles. The lowest BCUT2D eigenvalue weighted by atomic mass is 10.2. The monoisotopic (exact) mass is 266 g/mol. The van der Waals surface area contributed by atoms with Crippen LogP contribution in [0.4, 0.5) is 10.1 Å². The molecule has 3 heteroatoms. The molecular formula is C16H27FN2. The van der Waals surface area contributed by atoms with Gasteiger partial charge in [-0.15, -0.1) is 0 Å². The molecule has 1 atom stereocenters. The van der Waals surface area contributed by atoms with Crippen LogP contribution >= 0.6 is 0 Å². The van der Waals surface area contributed by atoms with Crippen molar-refractivity contribution in [2.24, 2.45) is 0 Å². The van der Waals surface area contributed by atoms with Gasteiger partial charge in [0, 0.05) is 24.8 Å². The molecule has 19 heavy (non-hydrogen) atoms. The van der Waals surface area contributed by atoms with Crippen LogP contribution in [0.1, 0.15) is 40.0 Å². The highest BCUT2D eigenvalue weighted by Gasteiger charge is 2.10. The molecule has 1 N–H and O–H groups in total. The Hall–Kier alpha value is -1.09. The average Bonchev–Trinajstić information content (AvgIpc) is 2.43. The molecule has 0 bridgehead atoms. The largest absolute Gasteiger partial charge is 0.384 e. The fraction of sp³-hybridized carbons (Fsp3) is 0.625. The van der Waals surface area contributed by atoms with Crippen molar-refractivity contribution in [1.82, 2.24) is 4.90 Å². The van der Waals surface area contributed by atoms with Crippen molar-refractivity contribution < 1.29 is 4.39 Å². The van der Waals surface area contributed by atoms with Crippen LogP contribution in [0.5, 0.6) is 0 Å². The van der Waals surface area contributed by atoms with E-state index in [1.807, 2.05) is 0 Å². The van der Waals surface area contributed by atoms with Gasteiger partial charge < -0.3 is 5.32 Å². The predicted molar refractivity (Wildman–Crippen MR) is 81.1 cm³/mol. The van der Waals surface area contributed by atoms with Crippen LogP contribution in [0.15, 0.2) is 24.3 Å². The third-order valence-corrected chi connectivity index (χ3v) is 3.59. The van der Waals surface area contributed by atoms with Crippen LogP contribution in [-0.2, 0) is 0 Å². The van der Waals surface area contributed by atoms with E-state index in [1.54, 1.807) is 12.1 Å². The van der Waals surface area contributed by atoms with E-state index in [9.17, 15) is 4.39 Å². The van der Waals surface area contributed by atoms with E-state index in [2.05, 4.69) is 31.0 Å². The number of nitrogens with zero attached hydrogens (tertiary/aromatic N) is 1. The smallest absolute Gasteiger partial charge is 0.123 e. The van der Waals surface area contributed by atoms with Crippen molar-refractivity contribution in [3.8, 4) is 0 Å². The highest BCUT2D eigenvalue weighted by molar-refractivity contribution is 5.42. The molecule has 0 amide bonds. The Balaban J connectivity index is 2.36. The van der Waals surface area contributed by atoms with Crippen molar-refractivity contribution in [3.63, 3.8) is 0 Å². The fourth-order valence-corrected chi connectivity index (χ4v) is 2.08. The zero-order valence-corrected chi connectivity index (χ0v) is 12.5. The number of benzene rings is 1. The molecule has 0 aliphatic rings. The van der Waals surface area contributed by atoms with Crippen molar-refractivity contribution in [1.29, 1.82) is 0 Å². The molecule has 1 aromatic rings. The molecule has 1 rings (SSSR count). The normalized spacial score (nSPS) is 12.7. The SMILES string of the molecule is CCCCN(CCNc1ccc(F)cc1)C(C)CC. The zero-order valence-electron chi connectivity index (χ0n) is 12.5. The lowest BCUT2D eigenvalue weighted by molar-refractivity contribution is 0.208. The summed E-state index contributed by atoms with van der Waals surface area (Å²) in [6.07, 6.45) is 3.67. The van der Waals surface area contributed by atoms with Crippen LogP contribution in [0, 0.1) is 5.82 Å². The van der Waals surface area contributed by atoms with E-state index >= 15 is 0 Å². The van der Waals surface area contributed by atoms with Crippen molar-refractivity contribution in [2.75, 3.05) is 25.0 Å². The third-order valence-electron chi connectivity index (χ3n) is 3.59. The molecule has 0 radical (unpaired) electrons. The summed E-state index contributed by atoms with van der Waals surface area (Å²) in [6.45, 7) is 9.85. The molecule has 1 unspecified atom stereocenters. The zero-order chi connectivity index (χ0) is 14.1. The van der Waals surface area contributed by atoms with Crippen molar-refractivity contribution >= 4 is 5.69 Å². The number of anilines is 1. The van der Waals surface area contributed by atoms with E-state index in [-0.39, 0.29) is 5.82 Å². The highest BCUT2D eigenvalue weighted by Crippen LogP contribution is 2.09. The molecule has 0 saturated heterocycles. The predicted octanol–water partition coefficient (Wildman–Crippen LogP) is 4.14. The lowest BCUT2D eigenvalue weighted by Crippen LogP contribution is -2.37. The van der Waals surface area contributed by atoms with Crippen LogP contribution in [0.2, 0.25) is 0 Å². The first-order valence-electron chi connectivity index (χ1n) is 7.40. The average molecular weight is 266 g/mol. The minimum absolute atomic E-state index is 0.185. The Bertz CT molecular complexity index is 337. The molecule has 2 nitrogen and oxygen atoms in total. The van der Waals surface area contributed by atoms with E-state index in [0.717, 1.165) is 25.3 Å². The second-order valence-electron chi connectivity index (χ2n) is 5.08. The number of halogens is 1. The molecule has 0 spiro atoms. The summed E-state index contributed by atoms with van der Waals surface area (Å²) in [6, 6.07) is 7.18. The van der Waals surface area contributed by atoms with Crippen molar-refractivity contribution in [2.45, 2.75) is 46.1 Å². The highest BCUT2D eigenvalue weighted by atomic mass is 19.1. The van der Waals surface area contributed by atoms with Gasteiger partial charge in [-0.3, -0.25) is 4.90 Å². The second kappa shape index (κ2) is 8.92. The summed E-state index contributed by atoms with van der Waals surface area (Å²) in [5.74, 6) is -0.185. The fourth-order valence-electron chi connectivity index (χ4n) is 2.08. The maximum Gasteiger partial charge on any atom is 0.123 e. The van der Waals surface area contributed by atoms with Crippen LogP contribution < -0.4 is 5.32 Å². The van der Waals surface area contributed by atoms with Gasteiger partial charge in [-0.1, -0.05) is 20.3 Å². The number of hydrogen-bond acceptors (Lipinski definition) is 2. The number of nitrogens with one attached hydrogen (secondary N) is 1. The summed E-state index contributed by atoms with van der Waals surface area (Å²) >= 11 is 0. The summed E-state index contributed by atoms with van der Waals surface area (Å²) in [5.41, 5.74) is 0.987. The van der Waals surface area contributed by atoms with Crippen molar-refractivity contribution in [3.05, 3.63) is 30.1 Å². The number of hydrogen-bond donors (Lipinski definition) is 1. The lowest BCUT2D eigenvalue weighted by Gasteiger charge is -2.28. The molecule has 0 heterocycles. The van der Waals surface area contributed by atoms with Gasteiger partial charge in [0.05, 0.1) is 0 Å². The molecular weight excluding hydrogens is 239 g/mol. The number of unbranched alkanes of at least 4 members (excludes halogenated alkanes) is 1. The number of rotatable bonds is 9. The summed E-state index contributed by atoms with van der Waals surface area (Å²) < 4.78 is 12.8. The van der Waals surface area contributed by atoms with Crippen LogP contribution in [0.25, 0.3) is 0 Å². The van der Waals surface area contributed by atoms with Gasteiger partial charge in [0.2, 0.25) is 0 Å². The molecule has 0 fully saturated rings. The Labute approximate surface area is 117 Å². The van der Waals surface area contributed by atoms with Gasteiger partial charge in [-0.05, 0) is 50.6 Å². The summed E-state index contributed by atoms with van der Waals surface area (Å²) in [4.78, 5) is 2.53. The Morgan fingerprint density at radius 3 is 2.42 bits per heavy atom. The van der Waals surface area contributed by atoms with E-state index < -0.39 is 0 Å². The third kappa shape index (κ3) is 6.06. The topological polar surface area (TPSA) is 15.3 Å².